The van der Waals surface area contributed by atoms with Crippen molar-refractivity contribution in [1.29, 1.82) is 0 Å². The number of hydrogen-bond donors (Lipinski definition) is 2. The highest BCUT2D eigenvalue weighted by atomic mass is 16.4. The normalized spacial score (nSPS) is 19.4. The van der Waals surface area contributed by atoms with E-state index in [1.165, 1.54) is 32.1 Å². The third kappa shape index (κ3) is 3.40. The molecule has 0 radical (unpaired) electrons. The van der Waals surface area contributed by atoms with Gasteiger partial charge in [0.25, 0.3) is 0 Å². The van der Waals surface area contributed by atoms with E-state index >= 15 is 0 Å². The minimum Gasteiger partial charge on any atom is -0.478 e. The predicted octanol–water partition coefficient (Wildman–Crippen LogP) is 2.29. The summed E-state index contributed by atoms with van der Waals surface area (Å²) in [6.45, 7) is 1.86. The molecule has 0 bridgehead atoms. The maximum atomic E-state index is 10.7. The van der Waals surface area contributed by atoms with Crippen molar-refractivity contribution >= 4 is 5.97 Å². The van der Waals surface area contributed by atoms with E-state index in [-0.39, 0.29) is 0 Å². The Balaban J connectivity index is 2.38. The molecule has 1 aliphatic carbocycles. The Morgan fingerprint density at radius 3 is 2.57 bits per heavy atom. The molecule has 0 aliphatic heterocycles. The molecule has 3 nitrogen and oxygen atoms in total. The van der Waals surface area contributed by atoms with Gasteiger partial charge in [-0.2, -0.15) is 0 Å². The van der Waals surface area contributed by atoms with Crippen LogP contribution in [0.25, 0.3) is 0 Å². The van der Waals surface area contributed by atoms with Crippen molar-refractivity contribution in [3.05, 3.63) is 11.8 Å². The van der Waals surface area contributed by atoms with Gasteiger partial charge in [0.05, 0.1) is 5.57 Å². The van der Waals surface area contributed by atoms with E-state index in [2.05, 4.69) is 5.32 Å². The number of aliphatic carboxylic acids is 1. The lowest BCUT2D eigenvalue weighted by atomic mass is 9.95. The number of hydrogen-bond acceptors (Lipinski definition) is 2. The molecule has 80 valence electrons. The summed E-state index contributed by atoms with van der Waals surface area (Å²) in [6, 6.07) is 0.490. The molecule has 0 aromatic heterocycles. The van der Waals surface area contributed by atoms with Crippen LogP contribution in [0, 0.1) is 0 Å². The van der Waals surface area contributed by atoms with Crippen LogP contribution in [0.1, 0.15) is 45.4 Å². The minimum absolute atomic E-state index is 0.468. The summed E-state index contributed by atoms with van der Waals surface area (Å²) in [4.78, 5) is 10.7. The van der Waals surface area contributed by atoms with Crippen molar-refractivity contribution in [3.63, 3.8) is 0 Å². The lowest BCUT2D eigenvalue weighted by molar-refractivity contribution is -0.132. The highest BCUT2D eigenvalue weighted by Crippen LogP contribution is 2.17. The maximum absolute atomic E-state index is 10.7. The molecule has 2 N–H and O–H groups in total. The highest BCUT2D eigenvalue weighted by Gasteiger charge is 2.12. The fourth-order valence-electron chi connectivity index (χ4n) is 1.80. The van der Waals surface area contributed by atoms with Crippen molar-refractivity contribution < 1.29 is 9.90 Å². The Hall–Kier alpha value is -0.990. The molecule has 3 heteroatoms. The molecular formula is C11H19NO2. The van der Waals surface area contributed by atoms with Gasteiger partial charge in [0.15, 0.2) is 0 Å². The van der Waals surface area contributed by atoms with Gasteiger partial charge in [-0.3, -0.25) is 0 Å². The summed E-state index contributed by atoms with van der Waals surface area (Å²) in [5.74, 6) is -0.809. The zero-order valence-corrected chi connectivity index (χ0v) is 8.75. The summed E-state index contributed by atoms with van der Waals surface area (Å²) in [6.07, 6.45) is 8.45. The maximum Gasteiger partial charge on any atom is 0.333 e. The van der Waals surface area contributed by atoms with E-state index in [9.17, 15) is 4.79 Å². The molecule has 0 aromatic carbocycles. The molecule has 14 heavy (non-hydrogen) atoms. The Bertz CT molecular complexity index is 217. The summed E-state index contributed by atoms with van der Waals surface area (Å²) in [5.41, 5.74) is 0.468. The smallest absolute Gasteiger partial charge is 0.333 e. The summed E-state index contributed by atoms with van der Waals surface area (Å²) < 4.78 is 0. The zero-order chi connectivity index (χ0) is 10.4. The van der Waals surface area contributed by atoms with Gasteiger partial charge < -0.3 is 10.4 Å². The van der Waals surface area contributed by atoms with Gasteiger partial charge in [0.1, 0.15) is 0 Å². The molecule has 1 rings (SSSR count). The topological polar surface area (TPSA) is 49.3 Å². The number of carboxylic acids is 1. The first-order valence-corrected chi connectivity index (χ1v) is 5.42. The second kappa shape index (κ2) is 5.68. The van der Waals surface area contributed by atoms with Gasteiger partial charge in [0.2, 0.25) is 0 Å². The predicted molar refractivity (Wildman–Crippen MR) is 56.0 cm³/mol. The molecule has 0 amide bonds. The van der Waals surface area contributed by atoms with E-state index < -0.39 is 5.97 Å². The van der Waals surface area contributed by atoms with Gasteiger partial charge in [-0.15, -0.1) is 0 Å². The lowest BCUT2D eigenvalue weighted by Gasteiger charge is -2.22. The van der Waals surface area contributed by atoms with E-state index in [4.69, 9.17) is 5.11 Å². The van der Waals surface area contributed by atoms with Crippen LogP contribution in [-0.2, 0) is 4.79 Å². The van der Waals surface area contributed by atoms with Crippen LogP contribution in [0.4, 0.5) is 0 Å². The number of rotatable bonds is 4. The number of carbonyl (C=O) groups is 1. The van der Waals surface area contributed by atoms with Crippen LogP contribution >= 0.6 is 0 Å². The van der Waals surface area contributed by atoms with E-state index in [0.29, 0.717) is 18.0 Å². The Labute approximate surface area is 85.2 Å². The van der Waals surface area contributed by atoms with Crippen LogP contribution in [0.5, 0.6) is 0 Å². The molecule has 0 atom stereocenters. The fourth-order valence-corrected chi connectivity index (χ4v) is 1.80. The van der Waals surface area contributed by atoms with Crippen LogP contribution in [0.2, 0.25) is 0 Å². The molecule has 0 spiro atoms. The average Bonchev–Trinajstić information content (AvgIpc) is 2.20. The van der Waals surface area contributed by atoms with E-state index in [1.54, 1.807) is 6.20 Å². The van der Waals surface area contributed by atoms with Crippen LogP contribution in [0.15, 0.2) is 11.8 Å². The van der Waals surface area contributed by atoms with Crippen molar-refractivity contribution in [2.45, 2.75) is 51.5 Å². The molecular weight excluding hydrogens is 178 g/mol. The SMILES string of the molecule is CC/C(=C/NC1CCCCC1)C(=O)O. The second-order valence-corrected chi connectivity index (χ2v) is 3.83. The number of nitrogens with one attached hydrogen (secondary N) is 1. The average molecular weight is 197 g/mol. The van der Waals surface area contributed by atoms with E-state index in [0.717, 1.165) is 0 Å². The van der Waals surface area contributed by atoms with Gasteiger partial charge in [-0.1, -0.05) is 26.2 Å². The van der Waals surface area contributed by atoms with Gasteiger partial charge in [-0.05, 0) is 19.3 Å². The Morgan fingerprint density at radius 2 is 2.07 bits per heavy atom. The molecule has 1 aliphatic rings. The van der Waals surface area contributed by atoms with Crippen molar-refractivity contribution in [1.82, 2.24) is 5.32 Å². The van der Waals surface area contributed by atoms with Crippen molar-refractivity contribution in [2.75, 3.05) is 0 Å². The fraction of sp³-hybridized carbons (Fsp3) is 0.727. The summed E-state index contributed by atoms with van der Waals surface area (Å²) >= 11 is 0. The van der Waals surface area contributed by atoms with Gasteiger partial charge >= 0.3 is 5.97 Å². The second-order valence-electron chi connectivity index (χ2n) is 3.83. The minimum atomic E-state index is -0.809. The van der Waals surface area contributed by atoms with Gasteiger partial charge in [0, 0.05) is 12.2 Å². The van der Waals surface area contributed by atoms with Crippen molar-refractivity contribution in [3.8, 4) is 0 Å². The van der Waals surface area contributed by atoms with Crippen molar-refractivity contribution in [2.24, 2.45) is 0 Å². The quantitative estimate of drug-likeness (QED) is 0.680. The first kappa shape index (κ1) is 11.1. The molecule has 1 fully saturated rings. The number of carboxylic acid groups (broad SMARTS) is 1. The molecule has 0 saturated heterocycles. The van der Waals surface area contributed by atoms with Crippen LogP contribution in [0.3, 0.4) is 0 Å². The largest absolute Gasteiger partial charge is 0.478 e. The standard InChI is InChI=1S/C11H19NO2/c1-2-9(11(13)14)8-12-10-6-4-3-5-7-10/h8,10,12H,2-7H2,1H3,(H,13,14)/b9-8-. The Morgan fingerprint density at radius 1 is 1.43 bits per heavy atom. The molecule has 1 saturated carbocycles. The Kier molecular flexibility index (Phi) is 4.50. The molecule has 0 unspecified atom stereocenters. The first-order chi connectivity index (χ1) is 6.74. The summed E-state index contributed by atoms with van der Waals surface area (Å²) in [7, 11) is 0. The zero-order valence-electron chi connectivity index (χ0n) is 8.75. The van der Waals surface area contributed by atoms with Gasteiger partial charge in [-0.25, -0.2) is 4.79 Å². The van der Waals surface area contributed by atoms with Crippen LogP contribution < -0.4 is 5.32 Å². The van der Waals surface area contributed by atoms with E-state index in [1.807, 2.05) is 6.92 Å². The first-order valence-electron chi connectivity index (χ1n) is 5.42. The third-order valence-corrected chi connectivity index (χ3v) is 2.75. The third-order valence-electron chi connectivity index (χ3n) is 2.75. The lowest BCUT2D eigenvalue weighted by Crippen LogP contribution is -2.27. The molecule has 0 aromatic rings. The van der Waals surface area contributed by atoms with Crippen LogP contribution in [-0.4, -0.2) is 17.1 Å². The monoisotopic (exact) mass is 197 g/mol. The summed E-state index contributed by atoms with van der Waals surface area (Å²) in [5, 5.41) is 12.0. The highest BCUT2D eigenvalue weighted by molar-refractivity contribution is 5.86. The molecule has 0 heterocycles.